The summed E-state index contributed by atoms with van der Waals surface area (Å²) >= 11 is 0. The fourth-order valence-electron chi connectivity index (χ4n) is 4.81. The van der Waals surface area contributed by atoms with E-state index >= 15 is 0 Å². The molecular weight excluding hydrogens is 474 g/mol. The van der Waals surface area contributed by atoms with Crippen molar-refractivity contribution < 1.29 is 24.2 Å². The molecule has 10 nitrogen and oxygen atoms in total. The standard InChI is InChI=1S/C27H33N5O5/c1-15-22(26(34)31-18-8-10-32(11-9-18)27(35)16(2)33)24-25(30-15)23(28-14-29-24)20-12-19(36-3)6-7-21(20)37-13-17-4-5-17/h6-7,12,14,16-18,30,33H,4-5,8-11,13H2,1-3H3,(H,31,34)/t16-/m0/s1. The molecule has 1 aliphatic carbocycles. The Morgan fingerprint density at radius 2 is 1.97 bits per heavy atom. The molecule has 196 valence electrons. The molecule has 0 radical (unpaired) electrons. The second-order valence-electron chi connectivity index (χ2n) is 9.94. The van der Waals surface area contributed by atoms with Crippen molar-refractivity contribution in [1.29, 1.82) is 0 Å². The zero-order chi connectivity index (χ0) is 26.1. The third-order valence-electron chi connectivity index (χ3n) is 7.11. The number of aromatic amines is 1. The lowest BCUT2D eigenvalue weighted by Crippen LogP contribution is -2.48. The quantitative estimate of drug-likeness (QED) is 0.427. The highest BCUT2D eigenvalue weighted by atomic mass is 16.5. The van der Waals surface area contributed by atoms with Crippen LogP contribution < -0.4 is 14.8 Å². The van der Waals surface area contributed by atoms with E-state index in [4.69, 9.17) is 9.47 Å². The van der Waals surface area contributed by atoms with E-state index < -0.39 is 6.10 Å². The second-order valence-corrected chi connectivity index (χ2v) is 9.94. The lowest BCUT2D eigenvalue weighted by molar-refractivity contribution is -0.140. The number of benzene rings is 1. The molecular formula is C27H33N5O5. The first-order valence-corrected chi connectivity index (χ1v) is 12.8. The van der Waals surface area contributed by atoms with Crippen molar-refractivity contribution >= 4 is 22.8 Å². The minimum atomic E-state index is -1.02. The summed E-state index contributed by atoms with van der Waals surface area (Å²) in [5, 5.41) is 12.7. The van der Waals surface area contributed by atoms with Crippen LogP contribution in [0.1, 0.15) is 48.7 Å². The Morgan fingerprint density at radius 3 is 2.65 bits per heavy atom. The minimum absolute atomic E-state index is 0.0722. The van der Waals surface area contributed by atoms with Gasteiger partial charge >= 0.3 is 0 Å². The van der Waals surface area contributed by atoms with Crippen LogP contribution in [0.15, 0.2) is 24.5 Å². The lowest BCUT2D eigenvalue weighted by atomic mass is 10.0. The van der Waals surface area contributed by atoms with Gasteiger partial charge in [-0.15, -0.1) is 0 Å². The average Bonchev–Trinajstić information content (AvgIpc) is 3.66. The van der Waals surface area contributed by atoms with E-state index in [9.17, 15) is 14.7 Å². The molecule has 3 heterocycles. The fraction of sp³-hybridized carbons (Fsp3) is 0.481. The number of H-pyrrole nitrogens is 1. The summed E-state index contributed by atoms with van der Waals surface area (Å²) in [6.07, 6.45) is 4.07. The van der Waals surface area contributed by atoms with Gasteiger partial charge in [0.05, 0.1) is 24.8 Å². The number of methoxy groups -OCH3 is 1. The molecule has 3 N–H and O–H groups in total. The SMILES string of the molecule is COc1ccc(OCC2CC2)c(-c2ncnc3c(C(=O)NC4CCN(C(=O)[C@H](C)O)CC4)c(C)[nH]c23)c1. The Hall–Kier alpha value is -3.66. The predicted octanol–water partition coefficient (Wildman–Crippen LogP) is 2.83. The van der Waals surface area contributed by atoms with Gasteiger partial charge in [0.25, 0.3) is 11.8 Å². The molecule has 0 unspecified atom stereocenters. The number of amides is 2. The summed E-state index contributed by atoms with van der Waals surface area (Å²) in [7, 11) is 1.62. The number of aliphatic hydroxyl groups excluding tert-OH is 1. The van der Waals surface area contributed by atoms with Crippen LogP contribution >= 0.6 is 0 Å². The highest BCUT2D eigenvalue weighted by Gasteiger charge is 2.28. The number of rotatable bonds is 8. The normalized spacial score (nSPS) is 17.0. The molecule has 2 aromatic heterocycles. The summed E-state index contributed by atoms with van der Waals surface area (Å²) in [6.45, 7) is 4.97. The van der Waals surface area contributed by atoms with Gasteiger partial charge < -0.3 is 29.8 Å². The third kappa shape index (κ3) is 5.24. The largest absolute Gasteiger partial charge is 0.497 e. The summed E-state index contributed by atoms with van der Waals surface area (Å²) in [5.41, 5.74) is 3.78. The first-order valence-electron chi connectivity index (χ1n) is 12.8. The number of aliphatic hydroxyl groups is 1. The second kappa shape index (κ2) is 10.4. The first-order chi connectivity index (χ1) is 17.9. The van der Waals surface area contributed by atoms with E-state index in [1.165, 1.54) is 26.1 Å². The number of fused-ring (bicyclic) bond motifs is 1. The van der Waals surface area contributed by atoms with Crippen molar-refractivity contribution in [3.05, 3.63) is 35.8 Å². The number of carbonyl (C=O) groups excluding carboxylic acids is 2. The number of aryl methyl sites for hydroxylation is 1. The Balaban J connectivity index is 1.40. The number of hydrogen-bond donors (Lipinski definition) is 3. The van der Waals surface area contributed by atoms with Crippen molar-refractivity contribution in [3.8, 4) is 22.8 Å². The van der Waals surface area contributed by atoms with Crippen LogP contribution in [-0.4, -0.2) is 75.7 Å². The van der Waals surface area contributed by atoms with Crippen LogP contribution in [0.5, 0.6) is 11.5 Å². The Labute approximate surface area is 215 Å². The van der Waals surface area contributed by atoms with Gasteiger partial charge in [0.2, 0.25) is 0 Å². The van der Waals surface area contributed by atoms with Crippen LogP contribution in [0.2, 0.25) is 0 Å². The van der Waals surface area contributed by atoms with E-state index in [1.54, 1.807) is 12.0 Å². The number of ether oxygens (including phenoxy) is 2. The summed E-state index contributed by atoms with van der Waals surface area (Å²) < 4.78 is 11.6. The maximum atomic E-state index is 13.4. The van der Waals surface area contributed by atoms with E-state index in [2.05, 4.69) is 20.3 Å². The molecule has 1 saturated carbocycles. The van der Waals surface area contributed by atoms with Gasteiger partial charge in [-0.1, -0.05) is 0 Å². The van der Waals surface area contributed by atoms with Gasteiger partial charge in [0.1, 0.15) is 35.1 Å². The molecule has 2 fully saturated rings. The number of piperidine rings is 1. The van der Waals surface area contributed by atoms with E-state index in [0.29, 0.717) is 77.9 Å². The van der Waals surface area contributed by atoms with Gasteiger partial charge in [-0.2, -0.15) is 0 Å². The maximum absolute atomic E-state index is 13.4. The van der Waals surface area contributed by atoms with Gasteiger partial charge in [0.15, 0.2) is 0 Å². The van der Waals surface area contributed by atoms with Crippen molar-refractivity contribution in [1.82, 2.24) is 25.2 Å². The maximum Gasteiger partial charge on any atom is 0.255 e. The number of nitrogens with one attached hydrogen (secondary N) is 2. The summed E-state index contributed by atoms with van der Waals surface area (Å²) in [5.74, 6) is 1.50. The molecule has 5 rings (SSSR count). The molecule has 1 saturated heterocycles. The molecule has 10 heteroatoms. The Morgan fingerprint density at radius 1 is 1.22 bits per heavy atom. The molecule has 2 amide bonds. The summed E-state index contributed by atoms with van der Waals surface area (Å²) in [6, 6.07) is 5.57. The zero-order valence-electron chi connectivity index (χ0n) is 21.4. The fourth-order valence-corrected chi connectivity index (χ4v) is 4.81. The topological polar surface area (TPSA) is 130 Å². The molecule has 1 atom stereocenters. The van der Waals surface area contributed by atoms with Crippen molar-refractivity contribution in [3.63, 3.8) is 0 Å². The van der Waals surface area contributed by atoms with Gasteiger partial charge in [0, 0.05) is 30.4 Å². The molecule has 3 aromatic rings. The molecule has 1 aromatic carbocycles. The van der Waals surface area contributed by atoms with Crippen molar-refractivity contribution in [2.24, 2.45) is 5.92 Å². The molecule has 37 heavy (non-hydrogen) atoms. The highest BCUT2D eigenvalue weighted by molar-refractivity contribution is 6.09. The molecule has 1 aliphatic heterocycles. The van der Waals surface area contributed by atoms with Gasteiger partial charge in [-0.25, -0.2) is 9.97 Å². The van der Waals surface area contributed by atoms with Crippen molar-refractivity contribution in [2.75, 3.05) is 26.8 Å². The number of hydrogen-bond acceptors (Lipinski definition) is 7. The third-order valence-corrected chi connectivity index (χ3v) is 7.11. The highest BCUT2D eigenvalue weighted by Crippen LogP contribution is 2.38. The number of aromatic nitrogens is 3. The van der Waals surface area contributed by atoms with Crippen LogP contribution in [0.4, 0.5) is 0 Å². The molecule has 2 aliphatic rings. The van der Waals surface area contributed by atoms with Gasteiger partial charge in [-0.3, -0.25) is 9.59 Å². The monoisotopic (exact) mass is 507 g/mol. The zero-order valence-corrected chi connectivity index (χ0v) is 21.4. The van der Waals surface area contributed by atoms with Crippen LogP contribution in [0.3, 0.4) is 0 Å². The van der Waals surface area contributed by atoms with E-state index in [1.807, 2.05) is 25.1 Å². The van der Waals surface area contributed by atoms with Crippen LogP contribution in [0, 0.1) is 12.8 Å². The molecule has 0 spiro atoms. The number of carbonyl (C=O) groups is 2. The predicted molar refractivity (Wildman–Crippen MR) is 138 cm³/mol. The van der Waals surface area contributed by atoms with E-state index in [0.717, 1.165) is 5.56 Å². The summed E-state index contributed by atoms with van der Waals surface area (Å²) in [4.78, 5) is 39.4. The van der Waals surface area contributed by atoms with Gasteiger partial charge in [-0.05, 0) is 63.6 Å². The Kier molecular flexibility index (Phi) is 7.01. The van der Waals surface area contributed by atoms with Crippen molar-refractivity contribution in [2.45, 2.75) is 51.7 Å². The van der Waals surface area contributed by atoms with E-state index in [-0.39, 0.29) is 17.9 Å². The molecule has 0 bridgehead atoms. The minimum Gasteiger partial charge on any atom is -0.497 e. The Bertz CT molecular complexity index is 1310. The number of nitrogens with zero attached hydrogens (tertiary/aromatic N) is 3. The average molecular weight is 508 g/mol. The number of likely N-dealkylation sites (tertiary alicyclic amines) is 1. The first kappa shape index (κ1) is 25.0. The lowest BCUT2D eigenvalue weighted by Gasteiger charge is -2.33. The smallest absolute Gasteiger partial charge is 0.255 e. The van der Waals surface area contributed by atoms with Crippen LogP contribution in [0.25, 0.3) is 22.3 Å². The van der Waals surface area contributed by atoms with Crippen LogP contribution in [-0.2, 0) is 4.79 Å².